The number of unbranched alkanes of at least 4 members (excludes halogenated alkanes) is 1. The highest BCUT2D eigenvalue weighted by atomic mass is 35.5. The Labute approximate surface area is 158 Å². The molecular weight excluding hydrogens is 380 g/mol. The monoisotopic (exact) mass is 402 g/mol. The lowest BCUT2D eigenvalue weighted by atomic mass is 10.3. The molecule has 2 aromatic rings. The maximum absolute atomic E-state index is 12.5. The Balaban J connectivity index is 2.17. The minimum Gasteiger partial charge on any atom is -0.305 e. The van der Waals surface area contributed by atoms with Gasteiger partial charge in [-0.2, -0.15) is 0 Å². The van der Waals surface area contributed by atoms with Crippen LogP contribution in [-0.2, 0) is 16.6 Å². The molecule has 1 N–H and O–H groups in total. The molecular formula is C16H23ClN4O2S2. The SMILES string of the molecule is CCCCSc1nnc([C@@H](C)NS(=O)(=O)c2ccc(Cl)cc2)n1CC. The second-order valence-electron chi connectivity index (χ2n) is 5.58. The number of halogens is 1. The first-order valence-corrected chi connectivity index (χ1v) is 11.1. The predicted molar refractivity (Wildman–Crippen MR) is 102 cm³/mol. The molecule has 25 heavy (non-hydrogen) atoms. The largest absolute Gasteiger partial charge is 0.305 e. The van der Waals surface area contributed by atoms with Crippen LogP contribution >= 0.6 is 23.4 Å². The Morgan fingerprint density at radius 1 is 1.24 bits per heavy atom. The van der Waals surface area contributed by atoms with Gasteiger partial charge in [0.25, 0.3) is 0 Å². The van der Waals surface area contributed by atoms with Gasteiger partial charge < -0.3 is 4.57 Å². The molecule has 1 aromatic heterocycles. The van der Waals surface area contributed by atoms with E-state index in [1.807, 2.05) is 11.5 Å². The summed E-state index contributed by atoms with van der Waals surface area (Å²) < 4.78 is 29.7. The van der Waals surface area contributed by atoms with Crippen LogP contribution in [0.25, 0.3) is 0 Å². The molecule has 1 atom stereocenters. The van der Waals surface area contributed by atoms with Crippen molar-refractivity contribution in [1.29, 1.82) is 0 Å². The lowest BCUT2D eigenvalue weighted by Crippen LogP contribution is -2.29. The number of hydrogen-bond acceptors (Lipinski definition) is 5. The lowest BCUT2D eigenvalue weighted by molar-refractivity contribution is 0.539. The fourth-order valence-corrected chi connectivity index (χ4v) is 4.72. The minimum atomic E-state index is -3.66. The van der Waals surface area contributed by atoms with Gasteiger partial charge in [0.05, 0.1) is 10.9 Å². The Kier molecular flexibility index (Phi) is 7.30. The smallest absolute Gasteiger partial charge is 0.241 e. The van der Waals surface area contributed by atoms with Crippen LogP contribution in [0.2, 0.25) is 5.02 Å². The van der Waals surface area contributed by atoms with Crippen molar-refractivity contribution in [2.24, 2.45) is 0 Å². The molecule has 0 aliphatic rings. The zero-order valence-corrected chi connectivity index (χ0v) is 17.0. The number of aromatic nitrogens is 3. The van der Waals surface area contributed by atoms with Crippen molar-refractivity contribution in [3.63, 3.8) is 0 Å². The zero-order valence-electron chi connectivity index (χ0n) is 14.6. The highest BCUT2D eigenvalue weighted by molar-refractivity contribution is 7.99. The van der Waals surface area contributed by atoms with Crippen LogP contribution in [-0.4, -0.2) is 28.9 Å². The van der Waals surface area contributed by atoms with Gasteiger partial charge in [-0.15, -0.1) is 10.2 Å². The molecule has 0 fully saturated rings. The summed E-state index contributed by atoms with van der Waals surface area (Å²) in [6, 6.07) is 5.58. The fraction of sp³-hybridized carbons (Fsp3) is 0.500. The van der Waals surface area contributed by atoms with E-state index >= 15 is 0 Å². The molecule has 138 valence electrons. The van der Waals surface area contributed by atoms with Crippen LogP contribution in [0.1, 0.15) is 45.5 Å². The first-order valence-electron chi connectivity index (χ1n) is 8.22. The molecule has 0 bridgehead atoms. The lowest BCUT2D eigenvalue weighted by Gasteiger charge is -2.15. The van der Waals surface area contributed by atoms with Gasteiger partial charge in [0, 0.05) is 17.3 Å². The van der Waals surface area contributed by atoms with E-state index in [1.54, 1.807) is 30.8 Å². The third kappa shape index (κ3) is 5.20. The van der Waals surface area contributed by atoms with Crippen LogP contribution < -0.4 is 4.72 Å². The Hall–Kier alpha value is -1.09. The first-order chi connectivity index (χ1) is 11.9. The second kappa shape index (κ2) is 9.02. The van der Waals surface area contributed by atoms with Crippen LogP contribution in [0.4, 0.5) is 0 Å². The van der Waals surface area contributed by atoms with Crippen molar-refractivity contribution in [2.45, 2.75) is 56.3 Å². The number of rotatable bonds is 9. The molecule has 0 radical (unpaired) electrons. The predicted octanol–water partition coefficient (Wildman–Crippen LogP) is 3.88. The zero-order chi connectivity index (χ0) is 18.4. The molecule has 0 saturated carbocycles. The van der Waals surface area contributed by atoms with Crippen molar-refractivity contribution >= 4 is 33.4 Å². The van der Waals surface area contributed by atoms with Crippen LogP contribution in [0.5, 0.6) is 0 Å². The van der Waals surface area contributed by atoms with Gasteiger partial charge in [-0.3, -0.25) is 0 Å². The molecule has 1 heterocycles. The molecule has 0 aliphatic carbocycles. The van der Waals surface area contributed by atoms with E-state index in [2.05, 4.69) is 21.8 Å². The number of nitrogens with one attached hydrogen (secondary N) is 1. The molecule has 2 rings (SSSR count). The Morgan fingerprint density at radius 2 is 1.92 bits per heavy atom. The number of hydrogen-bond donors (Lipinski definition) is 1. The number of benzene rings is 1. The van der Waals surface area contributed by atoms with E-state index in [0.29, 0.717) is 17.4 Å². The highest BCUT2D eigenvalue weighted by Crippen LogP contribution is 2.23. The van der Waals surface area contributed by atoms with Crippen molar-refractivity contribution in [2.75, 3.05) is 5.75 Å². The summed E-state index contributed by atoms with van der Waals surface area (Å²) in [4.78, 5) is 0.170. The van der Waals surface area contributed by atoms with Crippen molar-refractivity contribution < 1.29 is 8.42 Å². The third-order valence-electron chi connectivity index (χ3n) is 3.63. The summed E-state index contributed by atoms with van der Waals surface area (Å²) in [6.45, 7) is 6.59. The first kappa shape index (κ1) is 20.2. The van der Waals surface area contributed by atoms with Gasteiger partial charge >= 0.3 is 0 Å². The third-order valence-corrected chi connectivity index (χ3v) is 6.50. The van der Waals surface area contributed by atoms with Gasteiger partial charge in [0.1, 0.15) is 0 Å². The molecule has 1 aromatic carbocycles. The topological polar surface area (TPSA) is 76.9 Å². The summed E-state index contributed by atoms with van der Waals surface area (Å²) >= 11 is 7.47. The normalized spacial score (nSPS) is 13.1. The average Bonchev–Trinajstić information content (AvgIpc) is 2.98. The van der Waals surface area contributed by atoms with E-state index < -0.39 is 16.1 Å². The van der Waals surface area contributed by atoms with Crippen molar-refractivity contribution in [1.82, 2.24) is 19.5 Å². The maximum atomic E-state index is 12.5. The van der Waals surface area contributed by atoms with Gasteiger partial charge in [0.15, 0.2) is 11.0 Å². The summed E-state index contributed by atoms with van der Waals surface area (Å²) in [5.41, 5.74) is 0. The van der Waals surface area contributed by atoms with Gasteiger partial charge in [0.2, 0.25) is 10.0 Å². The van der Waals surface area contributed by atoms with Crippen LogP contribution in [0, 0.1) is 0 Å². The highest BCUT2D eigenvalue weighted by Gasteiger charge is 2.23. The molecule has 0 spiro atoms. The van der Waals surface area contributed by atoms with E-state index in [1.165, 1.54) is 12.1 Å². The average molecular weight is 403 g/mol. The summed E-state index contributed by atoms with van der Waals surface area (Å²) in [6.07, 6.45) is 2.23. The fourth-order valence-electron chi connectivity index (χ4n) is 2.30. The maximum Gasteiger partial charge on any atom is 0.241 e. The number of nitrogens with zero attached hydrogens (tertiary/aromatic N) is 3. The van der Waals surface area contributed by atoms with E-state index in [0.717, 1.165) is 23.8 Å². The van der Waals surface area contributed by atoms with Crippen molar-refractivity contribution in [3.8, 4) is 0 Å². The molecule has 0 unspecified atom stereocenters. The van der Waals surface area contributed by atoms with Crippen molar-refractivity contribution in [3.05, 3.63) is 35.1 Å². The molecule has 0 amide bonds. The van der Waals surface area contributed by atoms with Gasteiger partial charge in [-0.25, -0.2) is 13.1 Å². The van der Waals surface area contributed by atoms with E-state index in [-0.39, 0.29) is 4.90 Å². The van der Waals surface area contributed by atoms with Crippen LogP contribution in [0.3, 0.4) is 0 Å². The van der Waals surface area contributed by atoms with Crippen LogP contribution in [0.15, 0.2) is 34.3 Å². The number of thioether (sulfide) groups is 1. The van der Waals surface area contributed by atoms with E-state index in [4.69, 9.17) is 11.6 Å². The molecule has 9 heteroatoms. The minimum absolute atomic E-state index is 0.170. The van der Waals surface area contributed by atoms with Gasteiger partial charge in [-0.05, 0) is 44.5 Å². The Morgan fingerprint density at radius 3 is 2.52 bits per heavy atom. The van der Waals surface area contributed by atoms with E-state index in [9.17, 15) is 8.42 Å². The summed E-state index contributed by atoms with van der Waals surface area (Å²) in [5, 5.41) is 9.73. The quantitative estimate of drug-likeness (QED) is 0.508. The second-order valence-corrected chi connectivity index (χ2v) is 8.80. The molecule has 0 aliphatic heterocycles. The standard InChI is InChI=1S/C16H23ClN4O2S2/c1-4-6-11-24-16-19-18-15(21(16)5-2)12(3)20-25(22,23)14-9-7-13(17)8-10-14/h7-10,12,20H,4-6,11H2,1-3H3/t12-/m1/s1. The number of sulfonamides is 1. The summed E-state index contributed by atoms with van der Waals surface area (Å²) in [5.74, 6) is 1.58. The molecule has 0 saturated heterocycles. The summed E-state index contributed by atoms with van der Waals surface area (Å²) in [7, 11) is -3.66. The Bertz CT molecular complexity index is 791. The van der Waals surface area contributed by atoms with Gasteiger partial charge in [-0.1, -0.05) is 36.7 Å². The molecule has 6 nitrogen and oxygen atoms in total.